The third-order valence-corrected chi connectivity index (χ3v) is 8.96. The SMILES string of the molecule is CC1CCc2c(CN3CCO[C@H](C)C3)cc(C(=O)Nc3cccc(C4(c5nncn5C)CC(CC#N)C4)c3)nc21. The highest BCUT2D eigenvalue weighted by Crippen LogP contribution is 2.53. The number of nitrogens with zero attached hydrogens (tertiary/aromatic N) is 6. The molecule has 2 aliphatic carbocycles. The Bertz CT molecular complexity index is 1450. The summed E-state index contributed by atoms with van der Waals surface area (Å²) in [6.45, 7) is 7.65. The molecule has 6 rings (SSSR count). The van der Waals surface area contributed by atoms with E-state index in [0.29, 0.717) is 24.0 Å². The van der Waals surface area contributed by atoms with Crippen LogP contribution in [0.2, 0.25) is 0 Å². The first-order chi connectivity index (χ1) is 19.4. The standard InChI is InChI=1S/C31H37N7O2/c1-20-7-8-26-23(18-38-11-12-40-21(2)17-38)13-27(35-28(20)26)29(39)34-25-6-4-5-24(14-25)31(15-22(16-31)9-10-32)30-36-33-19-37(30)3/h4-6,13-14,19-22H,7-9,11-12,15-18H2,1-3H3,(H,34,39)/t20?,21-,22?,31?/m1/s1. The number of hydrogen-bond acceptors (Lipinski definition) is 7. The van der Waals surface area contributed by atoms with Crippen LogP contribution in [0.25, 0.3) is 0 Å². The van der Waals surface area contributed by atoms with Crippen LogP contribution >= 0.6 is 0 Å². The summed E-state index contributed by atoms with van der Waals surface area (Å²) in [5, 5.41) is 20.9. The van der Waals surface area contributed by atoms with Crippen molar-refractivity contribution in [1.29, 1.82) is 5.26 Å². The first kappa shape index (κ1) is 26.6. The number of amides is 1. The average Bonchev–Trinajstić information content (AvgIpc) is 3.52. The molecule has 208 valence electrons. The number of hydrogen-bond donors (Lipinski definition) is 1. The van der Waals surface area contributed by atoms with Gasteiger partial charge in [0.05, 0.1) is 24.2 Å². The Labute approximate surface area is 235 Å². The Morgan fingerprint density at radius 1 is 1.27 bits per heavy atom. The molecular formula is C31H37N7O2. The quantitative estimate of drug-likeness (QED) is 0.476. The molecule has 0 spiro atoms. The van der Waals surface area contributed by atoms with Gasteiger partial charge >= 0.3 is 0 Å². The number of rotatable bonds is 7. The minimum atomic E-state index is -0.322. The molecule has 9 heteroatoms. The minimum absolute atomic E-state index is 0.195. The lowest BCUT2D eigenvalue weighted by Gasteiger charge is -2.46. The van der Waals surface area contributed by atoms with Gasteiger partial charge in [-0.1, -0.05) is 19.1 Å². The van der Waals surface area contributed by atoms with Crippen LogP contribution in [-0.2, 0) is 30.2 Å². The Balaban J connectivity index is 1.26. The van der Waals surface area contributed by atoms with Crippen LogP contribution in [0, 0.1) is 17.2 Å². The Hall–Kier alpha value is -3.61. The summed E-state index contributed by atoms with van der Waals surface area (Å²) in [5.41, 5.74) is 5.54. The number of anilines is 1. The summed E-state index contributed by atoms with van der Waals surface area (Å²) in [7, 11) is 1.95. The summed E-state index contributed by atoms with van der Waals surface area (Å²) in [6, 6.07) is 12.3. The van der Waals surface area contributed by atoms with Crippen molar-refractivity contribution in [2.75, 3.05) is 25.0 Å². The highest BCUT2D eigenvalue weighted by atomic mass is 16.5. The molecule has 2 atom stereocenters. The number of carbonyl (C=O) groups is 1. The number of nitrogens with one attached hydrogen (secondary N) is 1. The second kappa shape index (κ2) is 10.8. The summed E-state index contributed by atoms with van der Waals surface area (Å²) in [6.07, 6.45) is 6.21. The average molecular weight is 540 g/mol. The second-order valence-electron chi connectivity index (χ2n) is 11.9. The van der Waals surface area contributed by atoms with Crippen LogP contribution in [0.3, 0.4) is 0 Å². The molecule has 1 saturated heterocycles. The van der Waals surface area contributed by atoms with E-state index in [0.717, 1.165) is 74.7 Å². The molecule has 40 heavy (non-hydrogen) atoms. The normalized spacial score (nSPS) is 26.1. The molecule has 1 saturated carbocycles. The number of fused-ring (bicyclic) bond motifs is 1. The van der Waals surface area contributed by atoms with Crippen molar-refractivity contribution in [2.45, 2.75) is 69.9 Å². The van der Waals surface area contributed by atoms with Crippen molar-refractivity contribution >= 4 is 11.6 Å². The van der Waals surface area contributed by atoms with Gasteiger partial charge in [-0.15, -0.1) is 10.2 Å². The Morgan fingerprint density at radius 2 is 2.12 bits per heavy atom. The molecule has 1 N–H and O–H groups in total. The van der Waals surface area contributed by atoms with Gasteiger partial charge < -0.3 is 14.6 Å². The van der Waals surface area contributed by atoms with E-state index in [1.54, 1.807) is 6.33 Å². The third kappa shape index (κ3) is 4.91. The van der Waals surface area contributed by atoms with Crippen LogP contribution in [0.1, 0.15) is 84.1 Å². The van der Waals surface area contributed by atoms with Gasteiger partial charge in [0, 0.05) is 44.5 Å². The van der Waals surface area contributed by atoms with E-state index in [-0.39, 0.29) is 17.4 Å². The lowest BCUT2D eigenvalue weighted by Crippen LogP contribution is -2.44. The summed E-state index contributed by atoms with van der Waals surface area (Å²) in [5.74, 6) is 1.37. The highest BCUT2D eigenvalue weighted by molar-refractivity contribution is 6.03. The molecule has 1 aromatic carbocycles. The Morgan fingerprint density at radius 3 is 2.88 bits per heavy atom. The molecule has 0 radical (unpaired) electrons. The maximum absolute atomic E-state index is 13.6. The largest absolute Gasteiger partial charge is 0.376 e. The molecule has 1 unspecified atom stereocenters. The van der Waals surface area contributed by atoms with E-state index in [9.17, 15) is 10.1 Å². The van der Waals surface area contributed by atoms with Crippen LogP contribution in [-0.4, -0.2) is 56.4 Å². The number of pyridine rings is 1. The molecule has 9 nitrogen and oxygen atoms in total. The maximum Gasteiger partial charge on any atom is 0.274 e. The second-order valence-corrected chi connectivity index (χ2v) is 11.9. The zero-order valence-corrected chi connectivity index (χ0v) is 23.6. The number of benzene rings is 1. The van der Waals surface area contributed by atoms with E-state index in [1.807, 2.05) is 35.9 Å². The van der Waals surface area contributed by atoms with E-state index < -0.39 is 0 Å². The lowest BCUT2D eigenvalue weighted by atomic mass is 9.57. The summed E-state index contributed by atoms with van der Waals surface area (Å²) in [4.78, 5) is 20.9. The van der Waals surface area contributed by atoms with Crippen molar-refractivity contribution in [1.82, 2.24) is 24.6 Å². The van der Waals surface area contributed by atoms with Gasteiger partial charge in [-0.2, -0.15) is 5.26 Å². The molecule has 2 fully saturated rings. The van der Waals surface area contributed by atoms with Crippen molar-refractivity contribution in [2.24, 2.45) is 13.0 Å². The van der Waals surface area contributed by atoms with Crippen LogP contribution < -0.4 is 5.32 Å². The summed E-state index contributed by atoms with van der Waals surface area (Å²) >= 11 is 0. The lowest BCUT2D eigenvalue weighted by molar-refractivity contribution is -0.0212. The fourth-order valence-corrected chi connectivity index (χ4v) is 6.93. The van der Waals surface area contributed by atoms with Crippen LogP contribution in [0.5, 0.6) is 0 Å². The van der Waals surface area contributed by atoms with Gasteiger partial charge in [0.15, 0.2) is 0 Å². The fourth-order valence-electron chi connectivity index (χ4n) is 6.93. The molecule has 3 heterocycles. The van der Waals surface area contributed by atoms with E-state index >= 15 is 0 Å². The van der Waals surface area contributed by atoms with E-state index in [4.69, 9.17) is 9.72 Å². The zero-order chi connectivity index (χ0) is 27.9. The number of morpholine rings is 1. The van der Waals surface area contributed by atoms with Crippen molar-refractivity contribution in [3.05, 3.63) is 70.6 Å². The van der Waals surface area contributed by atoms with Crippen molar-refractivity contribution < 1.29 is 9.53 Å². The van der Waals surface area contributed by atoms with Crippen molar-refractivity contribution in [3.8, 4) is 6.07 Å². The molecule has 2 aromatic heterocycles. The van der Waals surface area contributed by atoms with Crippen molar-refractivity contribution in [3.63, 3.8) is 0 Å². The van der Waals surface area contributed by atoms with Gasteiger partial charge in [0.2, 0.25) is 0 Å². The van der Waals surface area contributed by atoms with E-state index in [2.05, 4.69) is 46.4 Å². The monoisotopic (exact) mass is 539 g/mol. The highest BCUT2D eigenvalue weighted by Gasteiger charge is 2.49. The van der Waals surface area contributed by atoms with Crippen LogP contribution in [0.4, 0.5) is 5.69 Å². The topological polar surface area (TPSA) is 109 Å². The van der Waals surface area contributed by atoms with E-state index in [1.165, 1.54) is 11.1 Å². The number of ether oxygens (including phenoxy) is 1. The number of aryl methyl sites for hydroxylation is 1. The first-order valence-corrected chi connectivity index (χ1v) is 14.4. The molecule has 3 aliphatic rings. The zero-order valence-electron chi connectivity index (χ0n) is 23.6. The molecule has 3 aromatic rings. The molecule has 1 amide bonds. The minimum Gasteiger partial charge on any atom is -0.376 e. The predicted octanol–water partition coefficient (Wildman–Crippen LogP) is 4.34. The smallest absolute Gasteiger partial charge is 0.274 e. The number of aromatic nitrogens is 4. The molecular weight excluding hydrogens is 502 g/mol. The fraction of sp³-hybridized carbons (Fsp3) is 0.516. The third-order valence-electron chi connectivity index (χ3n) is 8.96. The van der Waals surface area contributed by atoms with Gasteiger partial charge in [-0.05, 0) is 79.3 Å². The van der Waals surface area contributed by atoms with Gasteiger partial charge in [0.1, 0.15) is 17.8 Å². The number of nitriles is 1. The maximum atomic E-state index is 13.6. The Kier molecular flexibility index (Phi) is 7.15. The van der Waals surface area contributed by atoms with Gasteiger partial charge in [0.25, 0.3) is 5.91 Å². The van der Waals surface area contributed by atoms with Crippen LogP contribution in [0.15, 0.2) is 36.7 Å². The van der Waals surface area contributed by atoms with Gasteiger partial charge in [-0.3, -0.25) is 9.69 Å². The number of carbonyl (C=O) groups excluding carboxylic acids is 1. The molecule has 0 bridgehead atoms. The predicted molar refractivity (Wildman–Crippen MR) is 151 cm³/mol. The molecule has 1 aliphatic heterocycles. The first-order valence-electron chi connectivity index (χ1n) is 14.4. The summed E-state index contributed by atoms with van der Waals surface area (Å²) < 4.78 is 7.70. The van der Waals surface area contributed by atoms with Gasteiger partial charge in [-0.25, -0.2) is 4.98 Å².